The van der Waals surface area contributed by atoms with Crippen molar-refractivity contribution in [3.05, 3.63) is 0 Å². The molecule has 2 atom stereocenters. The molecule has 0 aromatic carbocycles. The molecule has 0 amide bonds. The molecule has 0 heterocycles. The van der Waals surface area contributed by atoms with Crippen LogP contribution in [0, 0.1) is 11.8 Å². The van der Waals surface area contributed by atoms with Gasteiger partial charge in [-0.3, -0.25) is 4.90 Å². The topological polar surface area (TPSA) is 15.3 Å². The molecule has 2 fully saturated rings. The van der Waals surface area contributed by atoms with Crippen LogP contribution in [-0.4, -0.2) is 36.6 Å². The third-order valence-corrected chi connectivity index (χ3v) is 4.96. The van der Waals surface area contributed by atoms with Gasteiger partial charge in [-0.05, 0) is 44.1 Å². The largest absolute Gasteiger partial charge is 0.313 e. The Morgan fingerprint density at radius 1 is 1.17 bits per heavy atom. The molecule has 2 aliphatic carbocycles. The smallest absolute Gasteiger partial charge is 0.0110 e. The molecule has 0 aromatic heterocycles. The third-order valence-electron chi connectivity index (χ3n) is 4.96. The molecule has 106 valence electrons. The molecule has 2 saturated carbocycles. The van der Waals surface area contributed by atoms with E-state index in [4.69, 9.17) is 0 Å². The van der Waals surface area contributed by atoms with Crippen molar-refractivity contribution in [2.75, 3.05) is 19.6 Å². The molecular formula is C16H32N2. The summed E-state index contributed by atoms with van der Waals surface area (Å²) in [5.41, 5.74) is 0. The second kappa shape index (κ2) is 6.91. The lowest BCUT2D eigenvalue weighted by atomic mass is 9.79. The maximum Gasteiger partial charge on any atom is 0.0110 e. The average molecular weight is 252 g/mol. The van der Waals surface area contributed by atoms with Gasteiger partial charge in [0.1, 0.15) is 0 Å². The Kier molecular flexibility index (Phi) is 5.50. The summed E-state index contributed by atoms with van der Waals surface area (Å²) in [6, 6.07) is 1.72. The van der Waals surface area contributed by atoms with E-state index in [1.54, 1.807) is 0 Å². The standard InChI is InChI=1S/C16H32N2/c1-4-18(16-8-9-16)11-10-17-15-7-5-6-14(12-15)13(2)3/h13-17H,4-12H2,1-3H3. The lowest BCUT2D eigenvalue weighted by Crippen LogP contribution is -2.40. The highest BCUT2D eigenvalue weighted by Gasteiger charge is 2.28. The lowest BCUT2D eigenvalue weighted by Gasteiger charge is -2.32. The van der Waals surface area contributed by atoms with Crippen molar-refractivity contribution in [3.63, 3.8) is 0 Å². The van der Waals surface area contributed by atoms with Crippen molar-refractivity contribution in [1.29, 1.82) is 0 Å². The number of rotatable bonds is 7. The summed E-state index contributed by atoms with van der Waals surface area (Å²) in [7, 11) is 0. The van der Waals surface area contributed by atoms with Crippen LogP contribution in [-0.2, 0) is 0 Å². The molecule has 2 rings (SSSR count). The zero-order chi connectivity index (χ0) is 13.0. The summed E-state index contributed by atoms with van der Waals surface area (Å²) >= 11 is 0. The zero-order valence-electron chi connectivity index (χ0n) is 12.6. The van der Waals surface area contributed by atoms with Crippen LogP contribution in [0.5, 0.6) is 0 Å². The van der Waals surface area contributed by atoms with Gasteiger partial charge in [-0.2, -0.15) is 0 Å². The van der Waals surface area contributed by atoms with Gasteiger partial charge in [0.25, 0.3) is 0 Å². The van der Waals surface area contributed by atoms with Crippen LogP contribution < -0.4 is 5.32 Å². The Bertz CT molecular complexity index is 235. The van der Waals surface area contributed by atoms with Crippen molar-refractivity contribution in [2.24, 2.45) is 11.8 Å². The summed E-state index contributed by atoms with van der Waals surface area (Å²) in [6.07, 6.45) is 8.57. The Balaban J connectivity index is 1.63. The first-order valence-corrected chi connectivity index (χ1v) is 8.18. The van der Waals surface area contributed by atoms with Gasteiger partial charge < -0.3 is 5.32 Å². The van der Waals surface area contributed by atoms with Crippen LogP contribution in [0.4, 0.5) is 0 Å². The second-order valence-corrected chi connectivity index (χ2v) is 6.68. The molecule has 0 radical (unpaired) electrons. The Morgan fingerprint density at radius 3 is 2.56 bits per heavy atom. The van der Waals surface area contributed by atoms with E-state index in [2.05, 4.69) is 31.0 Å². The van der Waals surface area contributed by atoms with Gasteiger partial charge in [0, 0.05) is 25.2 Å². The number of nitrogens with zero attached hydrogens (tertiary/aromatic N) is 1. The molecule has 0 spiro atoms. The van der Waals surface area contributed by atoms with Crippen LogP contribution >= 0.6 is 0 Å². The van der Waals surface area contributed by atoms with Crippen molar-refractivity contribution in [1.82, 2.24) is 10.2 Å². The molecule has 0 aromatic rings. The van der Waals surface area contributed by atoms with Crippen LogP contribution in [0.1, 0.15) is 59.3 Å². The highest BCUT2D eigenvalue weighted by atomic mass is 15.2. The van der Waals surface area contributed by atoms with E-state index in [1.807, 2.05) is 0 Å². The molecule has 0 bridgehead atoms. The van der Waals surface area contributed by atoms with Crippen LogP contribution in [0.3, 0.4) is 0 Å². The quantitative estimate of drug-likeness (QED) is 0.748. The van der Waals surface area contributed by atoms with Gasteiger partial charge in [0.15, 0.2) is 0 Å². The van der Waals surface area contributed by atoms with Gasteiger partial charge in [-0.25, -0.2) is 0 Å². The maximum absolute atomic E-state index is 3.81. The molecular weight excluding hydrogens is 220 g/mol. The van der Waals surface area contributed by atoms with Crippen LogP contribution in [0.25, 0.3) is 0 Å². The summed E-state index contributed by atoms with van der Waals surface area (Å²) in [6.45, 7) is 10.8. The highest BCUT2D eigenvalue weighted by Crippen LogP contribution is 2.30. The van der Waals surface area contributed by atoms with E-state index >= 15 is 0 Å². The molecule has 2 nitrogen and oxygen atoms in total. The normalized spacial score (nSPS) is 29.2. The lowest BCUT2D eigenvalue weighted by molar-refractivity contribution is 0.218. The fourth-order valence-corrected chi connectivity index (χ4v) is 3.47. The number of hydrogen-bond donors (Lipinski definition) is 1. The van der Waals surface area contributed by atoms with Gasteiger partial charge in [0.05, 0.1) is 0 Å². The van der Waals surface area contributed by atoms with Gasteiger partial charge in [0.2, 0.25) is 0 Å². The zero-order valence-corrected chi connectivity index (χ0v) is 12.6. The van der Waals surface area contributed by atoms with E-state index < -0.39 is 0 Å². The van der Waals surface area contributed by atoms with Crippen molar-refractivity contribution in [3.8, 4) is 0 Å². The van der Waals surface area contributed by atoms with Crippen molar-refractivity contribution >= 4 is 0 Å². The van der Waals surface area contributed by atoms with Crippen molar-refractivity contribution < 1.29 is 0 Å². The second-order valence-electron chi connectivity index (χ2n) is 6.68. The molecule has 0 aliphatic heterocycles. The Labute approximate surface area is 114 Å². The number of hydrogen-bond acceptors (Lipinski definition) is 2. The highest BCUT2D eigenvalue weighted by molar-refractivity contribution is 4.85. The van der Waals surface area contributed by atoms with E-state index in [0.717, 1.165) is 23.9 Å². The summed E-state index contributed by atoms with van der Waals surface area (Å²) in [5, 5.41) is 3.81. The Morgan fingerprint density at radius 2 is 1.94 bits per heavy atom. The minimum absolute atomic E-state index is 0.795. The van der Waals surface area contributed by atoms with Gasteiger partial charge >= 0.3 is 0 Å². The van der Waals surface area contributed by atoms with Crippen molar-refractivity contribution in [2.45, 2.75) is 71.4 Å². The van der Waals surface area contributed by atoms with Crippen LogP contribution in [0.15, 0.2) is 0 Å². The molecule has 0 saturated heterocycles. The van der Waals surface area contributed by atoms with E-state index in [9.17, 15) is 0 Å². The molecule has 2 heteroatoms. The Hall–Kier alpha value is -0.0800. The van der Waals surface area contributed by atoms with Gasteiger partial charge in [-0.1, -0.05) is 33.6 Å². The fraction of sp³-hybridized carbons (Fsp3) is 1.00. The number of nitrogens with one attached hydrogen (secondary N) is 1. The predicted octanol–water partition coefficient (Wildman–Crippen LogP) is 3.28. The van der Waals surface area contributed by atoms with Crippen LogP contribution in [0.2, 0.25) is 0 Å². The summed E-state index contributed by atoms with van der Waals surface area (Å²) < 4.78 is 0. The molecule has 2 unspecified atom stereocenters. The van der Waals surface area contributed by atoms with E-state index in [0.29, 0.717) is 0 Å². The first-order valence-electron chi connectivity index (χ1n) is 8.18. The molecule has 2 aliphatic rings. The minimum atomic E-state index is 0.795. The SMILES string of the molecule is CCN(CCNC1CCCC(C(C)C)C1)C1CC1. The molecule has 1 N–H and O–H groups in total. The fourth-order valence-electron chi connectivity index (χ4n) is 3.47. The minimum Gasteiger partial charge on any atom is -0.313 e. The monoisotopic (exact) mass is 252 g/mol. The predicted molar refractivity (Wildman–Crippen MR) is 78.9 cm³/mol. The van der Waals surface area contributed by atoms with Gasteiger partial charge in [-0.15, -0.1) is 0 Å². The average Bonchev–Trinajstić information content (AvgIpc) is 3.19. The summed E-state index contributed by atoms with van der Waals surface area (Å²) in [5.74, 6) is 1.83. The first-order chi connectivity index (χ1) is 8.70. The third kappa shape index (κ3) is 4.24. The van der Waals surface area contributed by atoms with E-state index in [-0.39, 0.29) is 0 Å². The first kappa shape index (κ1) is 14.3. The summed E-state index contributed by atoms with van der Waals surface area (Å²) in [4.78, 5) is 2.65. The molecule has 18 heavy (non-hydrogen) atoms. The number of likely N-dealkylation sites (N-methyl/N-ethyl adjacent to an activating group) is 1. The van der Waals surface area contributed by atoms with E-state index in [1.165, 1.54) is 58.2 Å². The maximum atomic E-state index is 3.81.